The first-order valence-electron chi connectivity index (χ1n) is 9.78. The van der Waals surface area contributed by atoms with Gasteiger partial charge in [0.1, 0.15) is 5.58 Å². The fraction of sp³-hybridized carbons (Fsp3) is 0.304. The van der Waals surface area contributed by atoms with Crippen LogP contribution in [0.5, 0.6) is 0 Å². The average Bonchev–Trinajstić information content (AvgIpc) is 3.06. The fourth-order valence-corrected chi connectivity index (χ4v) is 3.44. The number of benzene rings is 2. The molecule has 0 aliphatic carbocycles. The Bertz CT molecular complexity index is 1040. The van der Waals surface area contributed by atoms with Crippen LogP contribution in [0, 0.1) is 6.92 Å². The predicted molar refractivity (Wildman–Crippen MR) is 122 cm³/mol. The number of rotatable bonds is 7. The highest BCUT2D eigenvalue weighted by molar-refractivity contribution is 6.04. The molecule has 2 amide bonds. The molecule has 0 radical (unpaired) electrons. The molecule has 2 aromatic carbocycles. The Balaban J connectivity index is 0.00000320. The standard InChI is InChI=1S/C23H27N3O3.ClH/c1-14(2)18-12-19-16(13-29-21(19)10-15(18)3)11-22(27)26-20-7-5-4-6-17(20)23(28)25-9-8-24;/h4-7,10,12-14H,8-9,11,24H2,1-3H3,(H,25,28)(H,26,27);1H. The van der Waals surface area contributed by atoms with Gasteiger partial charge >= 0.3 is 0 Å². The Morgan fingerprint density at radius 2 is 1.90 bits per heavy atom. The number of nitrogens with one attached hydrogen (secondary N) is 2. The largest absolute Gasteiger partial charge is 0.464 e. The lowest BCUT2D eigenvalue weighted by Crippen LogP contribution is -2.30. The summed E-state index contributed by atoms with van der Waals surface area (Å²) in [5, 5.41) is 6.52. The molecule has 0 spiro atoms. The van der Waals surface area contributed by atoms with E-state index in [9.17, 15) is 9.59 Å². The van der Waals surface area contributed by atoms with Crippen LogP contribution in [0.1, 0.15) is 46.8 Å². The minimum absolute atomic E-state index is 0. The highest BCUT2D eigenvalue weighted by Crippen LogP contribution is 2.29. The predicted octanol–water partition coefficient (Wildman–Crippen LogP) is 4.16. The first-order valence-corrected chi connectivity index (χ1v) is 9.78. The van der Waals surface area contributed by atoms with Crippen LogP contribution in [0.25, 0.3) is 11.0 Å². The van der Waals surface area contributed by atoms with E-state index in [-0.39, 0.29) is 30.6 Å². The smallest absolute Gasteiger partial charge is 0.253 e. The molecule has 0 bridgehead atoms. The van der Waals surface area contributed by atoms with Crippen LogP contribution >= 0.6 is 12.4 Å². The third-order valence-electron chi connectivity index (χ3n) is 4.89. The summed E-state index contributed by atoms with van der Waals surface area (Å²) in [5.41, 5.74) is 10.3. The lowest BCUT2D eigenvalue weighted by molar-refractivity contribution is -0.115. The summed E-state index contributed by atoms with van der Waals surface area (Å²) >= 11 is 0. The minimum Gasteiger partial charge on any atom is -0.464 e. The molecule has 4 N–H and O–H groups in total. The van der Waals surface area contributed by atoms with Crippen molar-refractivity contribution in [3.63, 3.8) is 0 Å². The quantitative estimate of drug-likeness (QED) is 0.525. The molecule has 1 aromatic heterocycles. The normalized spacial score (nSPS) is 10.7. The summed E-state index contributed by atoms with van der Waals surface area (Å²) in [4.78, 5) is 25.0. The molecule has 6 nitrogen and oxygen atoms in total. The number of para-hydroxylation sites is 1. The zero-order valence-corrected chi connectivity index (χ0v) is 18.3. The number of hydrogen-bond donors (Lipinski definition) is 3. The molecule has 30 heavy (non-hydrogen) atoms. The molecule has 0 atom stereocenters. The summed E-state index contributed by atoms with van der Waals surface area (Å²) in [5.74, 6) is -0.0921. The number of furan rings is 1. The molecule has 0 aliphatic rings. The summed E-state index contributed by atoms with van der Waals surface area (Å²) in [6, 6.07) is 11.0. The van der Waals surface area contributed by atoms with Gasteiger partial charge in [0.2, 0.25) is 5.91 Å². The van der Waals surface area contributed by atoms with Gasteiger partial charge in [0.05, 0.1) is 23.9 Å². The first-order chi connectivity index (χ1) is 13.9. The maximum absolute atomic E-state index is 12.7. The zero-order chi connectivity index (χ0) is 21.0. The monoisotopic (exact) mass is 429 g/mol. The van der Waals surface area contributed by atoms with Crippen molar-refractivity contribution in [2.75, 3.05) is 18.4 Å². The lowest BCUT2D eigenvalue weighted by Gasteiger charge is -2.11. The molecule has 1 heterocycles. The number of halogens is 1. The summed E-state index contributed by atoms with van der Waals surface area (Å²) in [7, 11) is 0. The Labute approximate surface area is 182 Å². The van der Waals surface area contributed by atoms with Gasteiger partial charge in [-0.15, -0.1) is 12.4 Å². The SMILES string of the molecule is Cc1cc2occ(CC(=O)Nc3ccccc3C(=O)NCCN)c2cc1C(C)C.Cl. The number of nitrogens with two attached hydrogens (primary N) is 1. The number of hydrogen-bond acceptors (Lipinski definition) is 4. The third kappa shape index (κ3) is 5.20. The molecule has 0 saturated heterocycles. The van der Waals surface area contributed by atoms with Crippen molar-refractivity contribution in [3.05, 3.63) is 64.9 Å². The van der Waals surface area contributed by atoms with Crippen LogP contribution in [0.4, 0.5) is 5.69 Å². The van der Waals surface area contributed by atoms with E-state index in [1.54, 1.807) is 30.5 Å². The molecule has 3 rings (SSSR count). The second-order valence-corrected chi connectivity index (χ2v) is 7.44. The Hall–Kier alpha value is -2.83. The highest BCUT2D eigenvalue weighted by Gasteiger charge is 2.16. The Kier molecular flexibility index (Phi) is 8.03. The highest BCUT2D eigenvalue weighted by atomic mass is 35.5. The van der Waals surface area contributed by atoms with Crippen molar-refractivity contribution >= 4 is 40.9 Å². The van der Waals surface area contributed by atoms with E-state index in [0.29, 0.717) is 30.3 Å². The molecule has 3 aromatic rings. The van der Waals surface area contributed by atoms with Crippen LogP contribution in [0.2, 0.25) is 0 Å². The van der Waals surface area contributed by atoms with E-state index < -0.39 is 0 Å². The molecule has 160 valence electrons. The Morgan fingerprint density at radius 3 is 2.60 bits per heavy atom. The molecular weight excluding hydrogens is 402 g/mol. The van der Waals surface area contributed by atoms with Gasteiger partial charge < -0.3 is 20.8 Å². The third-order valence-corrected chi connectivity index (χ3v) is 4.89. The first kappa shape index (κ1) is 23.4. The molecule has 0 fully saturated rings. The van der Waals surface area contributed by atoms with Crippen molar-refractivity contribution in [1.29, 1.82) is 0 Å². The second-order valence-electron chi connectivity index (χ2n) is 7.44. The van der Waals surface area contributed by atoms with Crippen LogP contribution in [0.15, 0.2) is 47.1 Å². The van der Waals surface area contributed by atoms with Gasteiger partial charge in [-0.05, 0) is 48.2 Å². The van der Waals surface area contributed by atoms with E-state index in [1.807, 2.05) is 6.07 Å². The molecule has 0 unspecified atom stereocenters. The van der Waals surface area contributed by atoms with Gasteiger partial charge in [0.25, 0.3) is 5.91 Å². The number of aryl methyl sites for hydroxylation is 1. The summed E-state index contributed by atoms with van der Waals surface area (Å²) < 4.78 is 5.67. The topological polar surface area (TPSA) is 97.4 Å². The van der Waals surface area contributed by atoms with E-state index >= 15 is 0 Å². The van der Waals surface area contributed by atoms with Crippen LogP contribution < -0.4 is 16.4 Å². The van der Waals surface area contributed by atoms with Crippen molar-refractivity contribution < 1.29 is 14.0 Å². The molecular formula is C23H28ClN3O3. The van der Waals surface area contributed by atoms with E-state index in [2.05, 4.69) is 37.5 Å². The second kappa shape index (κ2) is 10.3. The minimum atomic E-state index is -0.267. The number of fused-ring (bicyclic) bond motifs is 1. The lowest BCUT2D eigenvalue weighted by atomic mass is 9.95. The maximum Gasteiger partial charge on any atom is 0.253 e. The number of amides is 2. The van der Waals surface area contributed by atoms with Gasteiger partial charge in [-0.3, -0.25) is 9.59 Å². The number of anilines is 1. The van der Waals surface area contributed by atoms with Gasteiger partial charge in [0, 0.05) is 24.0 Å². The summed E-state index contributed by atoms with van der Waals surface area (Å²) in [6.07, 6.45) is 1.79. The van der Waals surface area contributed by atoms with Crippen molar-refractivity contribution in [3.8, 4) is 0 Å². The fourth-order valence-electron chi connectivity index (χ4n) is 3.44. The molecule has 0 aliphatic heterocycles. The van der Waals surface area contributed by atoms with E-state index in [1.165, 1.54) is 11.1 Å². The van der Waals surface area contributed by atoms with Gasteiger partial charge in [-0.25, -0.2) is 0 Å². The number of carbonyl (C=O) groups excluding carboxylic acids is 2. The Morgan fingerprint density at radius 1 is 1.17 bits per heavy atom. The zero-order valence-electron chi connectivity index (χ0n) is 17.5. The van der Waals surface area contributed by atoms with E-state index in [4.69, 9.17) is 10.2 Å². The van der Waals surface area contributed by atoms with Crippen molar-refractivity contribution in [1.82, 2.24) is 5.32 Å². The number of carbonyl (C=O) groups is 2. The molecule has 7 heteroatoms. The van der Waals surface area contributed by atoms with Gasteiger partial charge in [-0.2, -0.15) is 0 Å². The van der Waals surface area contributed by atoms with Crippen LogP contribution in [0.3, 0.4) is 0 Å². The van der Waals surface area contributed by atoms with Gasteiger partial charge in [-0.1, -0.05) is 26.0 Å². The van der Waals surface area contributed by atoms with Crippen LogP contribution in [-0.2, 0) is 11.2 Å². The van der Waals surface area contributed by atoms with Crippen LogP contribution in [-0.4, -0.2) is 24.9 Å². The van der Waals surface area contributed by atoms with Crippen molar-refractivity contribution in [2.45, 2.75) is 33.1 Å². The molecule has 0 saturated carbocycles. The average molecular weight is 430 g/mol. The van der Waals surface area contributed by atoms with Gasteiger partial charge in [0.15, 0.2) is 0 Å². The van der Waals surface area contributed by atoms with Crippen molar-refractivity contribution in [2.24, 2.45) is 5.73 Å². The van der Waals surface area contributed by atoms with E-state index in [0.717, 1.165) is 16.5 Å². The maximum atomic E-state index is 12.7. The summed E-state index contributed by atoms with van der Waals surface area (Å²) in [6.45, 7) is 7.09.